The van der Waals surface area contributed by atoms with E-state index in [1.807, 2.05) is 41.1 Å². The number of hydrogen-bond acceptors (Lipinski definition) is 3. The number of aromatic amines is 1. The highest BCUT2D eigenvalue weighted by atomic mass is 35.5. The van der Waals surface area contributed by atoms with Crippen molar-refractivity contribution in [2.45, 2.75) is 12.8 Å². The van der Waals surface area contributed by atoms with Gasteiger partial charge in [0.1, 0.15) is 0 Å². The van der Waals surface area contributed by atoms with E-state index >= 15 is 0 Å². The lowest BCUT2D eigenvalue weighted by Gasteiger charge is -2.11. The van der Waals surface area contributed by atoms with Gasteiger partial charge in [0.25, 0.3) is 0 Å². The van der Waals surface area contributed by atoms with Gasteiger partial charge in [-0.25, -0.2) is 8.42 Å². The maximum atomic E-state index is 12.0. The van der Waals surface area contributed by atoms with Gasteiger partial charge in [0.2, 0.25) is 15.9 Å². The SMILES string of the molecule is CC(C(=O)NS(C)(=O)=O)c1ccc2c(c1)[nH]c1ccc(Cl)cc12. The number of halogens is 1. The minimum absolute atomic E-state index is 0.550. The number of sulfonamides is 1. The molecule has 0 aliphatic heterocycles. The van der Waals surface area contributed by atoms with E-state index in [4.69, 9.17) is 11.6 Å². The van der Waals surface area contributed by atoms with Gasteiger partial charge in [-0.3, -0.25) is 9.52 Å². The first kappa shape index (κ1) is 15.8. The number of carbonyl (C=O) groups is 1. The monoisotopic (exact) mass is 350 g/mol. The molecule has 0 aliphatic carbocycles. The average Bonchev–Trinajstić information content (AvgIpc) is 2.81. The fourth-order valence-electron chi connectivity index (χ4n) is 2.59. The van der Waals surface area contributed by atoms with E-state index in [-0.39, 0.29) is 0 Å². The van der Waals surface area contributed by atoms with Crippen LogP contribution in [0.4, 0.5) is 0 Å². The van der Waals surface area contributed by atoms with Crippen LogP contribution in [0.15, 0.2) is 36.4 Å². The van der Waals surface area contributed by atoms with Crippen LogP contribution in [-0.2, 0) is 14.8 Å². The van der Waals surface area contributed by atoms with E-state index in [1.165, 1.54) is 0 Å². The molecule has 23 heavy (non-hydrogen) atoms. The number of hydrogen-bond donors (Lipinski definition) is 2. The van der Waals surface area contributed by atoms with Crippen molar-refractivity contribution in [2.75, 3.05) is 6.26 Å². The summed E-state index contributed by atoms with van der Waals surface area (Å²) in [5.74, 6) is -1.13. The maximum absolute atomic E-state index is 12.0. The molecule has 0 fully saturated rings. The van der Waals surface area contributed by atoms with E-state index in [0.717, 1.165) is 33.6 Å². The number of aromatic nitrogens is 1. The van der Waals surface area contributed by atoms with Crippen molar-refractivity contribution in [2.24, 2.45) is 0 Å². The zero-order valence-electron chi connectivity index (χ0n) is 12.6. The summed E-state index contributed by atoms with van der Waals surface area (Å²) in [5, 5.41) is 2.66. The third-order valence-electron chi connectivity index (χ3n) is 3.76. The molecule has 0 spiro atoms. The smallest absolute Gasteiger partial charge is 0.240 e. The molecule has 1 heterocycles. The molecule has 7 heteroatoms. The highest BCUT2D eigenvalue weighted by Gasteiger charge is 2.19. The number of nitrogens with one attached hydrogen (secondary N) is 2. The summed E-state index contributed by atoms with van der Waals surface area (Å²) in [7, 11) is -3.57. The van der Waals surface area contributed by atoms with Crippen LogP contribution in [-0.4, -0.2) is 25.6 Å². The second-order valence-corrected chi connectivity index (χ2v) is 7.76. The number of rotatable bonds is 3. The summed E-state index contributed by atoms with van der Waals surface area (Å²) in [6, 6.07) is 11.2. The molecule has 120 valence electrons. The largest absolute Gasteiger partial charge is 0.355 e. The lowest BCUT2D eigenvalue weighted by molar-refractivity contribution is -0.120. The molecule has 0 radical (unpaired) electrons. The van der Waals surface area contributed by atoms with E-state index < -0.39 is 21.8 Å². The zero-order valence-corrected chi connectivity index (χ0v) is 14.1. The summed E-state index contributed by atoms with van der Waals surface area (Å²) < 4.78 is 24.4. The second-order valence-electron chi connectivity index (χ2n) is 5.58. The Balaban J connectivity index is 2.03. The minimum atomic E-state index is -3.57. The Bertz CT molecular complexity index is 1020. The summed E-state index contributed by atoms with van der Waals surface area (Å²) in [5.41, 5.74) is 2.56. The fraction of sp³-hybridized carbons (Fsp3) is 0.188. The molecular weight excluding hydrogens is 336 g/mol. The second kappa shape index (κ2) is 5.54. The van der Waals surface area contributed by atoms with Gasteiger partial charge in [-0.1, -0.05) is 23.7 Å². The third-order valence-corrected chi connectivity index (χ3v) is 4.57. The number of carbonyl (C=O) groups excluding carboxylic acids is 1. The molecule has 0 saturated heterocycles. The fourth-order valence-corrected chi connectivity index (χ4v) is 3.30. The Morgan fingerprint density at radius 2 is 1.87 bits per heavy atom. The van der Waals surface area contributed by atoms with Crippen LogP contribution in [0, 0.1) is 0 Å². The Morgan fingerprint density at radius 3 is 2.57 bits per heavy atom. The lowest BCUT2D eigenvalue weighted by atomic mass is 9.99. The molecule has 0 aliphatic rings. The number of fused-ring (bicyclic) bond motifs is 3. The van der Waals surface area contributed by atoms with Gasteiger partial charge >= 0.3 is 0 Å². The Kier molecular flexibility index (Phi) is 3.82. The van der Waals surface area contributed by atoms with Gasteiger partial charge in [0, 0.05) is 26.8 Å². The Hall–Kier alpha value is -2.05. The molecule has 1 atom stereocenters. The maximum Gasteiger partial charge on any atom is 0.240 e. The van der Waals surface area contributed by atoms with E-state index in [9.17, 15) is 13.2 Å². The Labute approximate surface area is 138 Å². The van der Waals surface area contributed by atoms with Crippen LogP contribution in [0.25, 0.3) is 21.8 Å². The van der Waals surface area contributed by atoms with Crippen LogP contribution >= 0.6 is 11.6 Å². The van der Waals surface area contributed by atoms with Crippen LogP contribution in [0.5, 0.6) is 0 Å². The van der Waals surface area contributed by atoms with Gasteiger partial charge in [-0.2, -0.15) is 0 Å². The van der Waals surface area contributed by atoms with Gasteiger partial charge < -0.3 is 4.98 Å². The first-order valence-corrected chi connectivity index (χ1v) is 9.24. The highest BCUT2D eigenvalue weighted by molar-refractivity contribution is 7.89. The number of amides is 1. The van der Waals surface area contributed by atoms with Crippen molar-refractivity contribution in [3.63, 3.8) is 0 Å². The van der Waals surface area contributed by atoms with E-state index in [1.54, 1.807) is 6.92 Å². The summed E-state index contributed by atoms with van der Waals surface area (Å²) in [6.45, 7) is 1.67. The van der Waals surface area contributed by atoms with Crippen molar-refractivity contribution >= 4 is 49.3 Å². The molecule has 1 aromatic heterocycles. The van der Waals surface area contributed by atoms with Crippen LogP contribution in [0.1, 0.15) is 18.4 Å². The molecule has 0 bridgehead atoms. The molecule has 2 N–H and O–H groups in total. The molecular formula is C16H15ClN2O3S. The third kappa shape index (κ3) is 3.18. The van der Waals surface area contributed by atoms with Crippen molar-refractivity contribution in [3.05, 3.63) is 47.0 Å². The highest BCUT2D eigenvalue weighted by Crippen LogP contribution is 2.30. The van der Waals surface area contributed by atoms with Crippen LogP contribution in [0.2, 0.25) is 5.02 Å². The van der Waals surface area contributed by atoms with Crippen molar-refractivity contribution < 1.29 is 13.2 Å². The van der Waals surface area contributed by atoms with Gasteiger partial charge in [-0.15, -0.1) is 0 Å². The average molecular weight is 351 g/mol. The standard InChI is InChI=1S/C16H15ClN2O3S/c1-9(16(20)19-23(2,21)22)10-3-5-12-13-8-11(17)4-6-14(13)18-15(12)7-10/h3-9,18H,1-2H3,(H,19,20). The van der Waals surface area contributed by atoms with Crippen molar-refractivity contribution in [3.8, 4) is 0 Å². The molecule has 5 nitrogen and oxygen atoms in total. The molecule has 3 aromatic rings. The minimum Gasteiger partial charge on any atom is -0.355 e. The lowest BCUT2D eigenvalue weighted by Crippen LogP contribution is -2.32. The predicted molar refractivity (Wildman–Crippen MR) is 92.2 cm³/mol. The van der Waals surface area contributed by atoms with Crippen LogP contribution in [0.3, 0.4) is 0 Å². The first-order valence-electron chi connectivity index (χ1n) is 6.97. The van der Waals surface area contributed by atoms with Crippen molar-refractivity contribution in [1.82, 2.24) is 9.71 Å². The van der Waals surface area contributed by atoms with E-state index in [0.29, 0.717) is 5.02 Å². The topological polar surface area (TPSA) is 79.0 Å². The number of benzene rings is 2. The molecule has 1 unspecified atom stereocenters. The summed E-state index contributed by atoms with van der Waals surface area (Å²) >= 11 is 6.04. The number of H-pyrrole nitrogens is 1. The van der Waals surface area contributed by atoms with Crippen LogP contribution < -0.4 is 4.72 Å². The van der Waals surface area contributed by atoms with Gasteiger partial charge in [0.05, 0.1) is 12.2 Å². The quantitative estimate of drug-likeness (QED) is 0.761. The first-order chi connectivity index (χ1) is 10.7. The zero-order chi connectivity index (χ0) is 16.8. The normalized spacial score (nSPS) is 13.3. The van der Waals surface area contributed by atoms with Gasteiger partial charge in [0.15, 0.2) is 0 Å². The predicted octanol–water partition coefficient (Wildman–Crippen LogP) is 3.15. The molecule has 1 amide bonds. The van der Waals surface area contributed by atoms with Gasteiger partial charge in [-0.05, 0) is 36.8 Å². The van der Waals surface area contributed by atoms with E-state index in [2.05, 4.69) is 4.98 Å². The molecule has 0 saturated carbocycles. The molecule has 2 aromatic carbocycles. The molecule has 3 rings (SSSR count). The van der Waals surface area contributed by atoms with Crippen molar-refractivity contribution in [1.29, 1.82) is 0 Å². The summed E-state index contributed by atoms with van der Waals surface area (Å²) in [6.07, 6.45) is 0.961. The summed E-state index contributed by atoms with van der Waals surface area (Å²) in [4.78, 5) is 15.3. The Morgan fingerprint density at radius 1 is 1.13 bits per heavy atom.